The Bertz CT molecular complexity index is 1600. The van der Waals surface area contributed by atoms with Gasteiger partial charge in [0, 0.05) is 61.8 Å². The molecule has 0 spiro atoms. The standard InChI is InChI=1S/C27H27F3N6O4/c1-16-13-34(7-8-35(16)24(38)15-37)27-31-11-18(12-32-27)19-10-22-20(9-21(19)28)25(39)33(2)36(22)14-17-5-3-4-6-23(17)40-26(29)30/h3-6,9-12,16,26,37H,7-8,13-15H2,1-2H3. The Hall–Kier alpha value is -4.39. The number of ether oxygens (including phenoxy) is 1. The van der Waals surface area contributed by atoms with Gasteiger partial charge < -0.3 is 19.6 Å². The van der Waals surface area contributed by atoms with Gasteiger partial charge in [-0.25, -0.2) is 14.4 Å². The zero-order valence-corrected chi connectivity index (χ0v) is 21.8. The average molecular weight is 557 g/mol. The fourth-order valence-corrected chi connectivity index (χ4v) is 5.04. The highest BCUT2D eigenvalue weighted by molar-refractivity contribution is 5.85. The van der Waals surface area contributed by atoms with E-state index in [0.717, 1.165) is 6.07 Å². The number of benzene rings is 2. The summed E-state index contributed by atoms with van der Waals surface area (Å²) in [6, 6.07) is 8.79. The molecule has 210 valence electrons. The lowest BCUT2D eigenvalue weighted by Gasteiger charge is -2.39. The Morgan fingerprint density at radius 1 is 1.18 bits per heavy atom. The zero-order valence-electron chi connectivity index (χ0n) is 21.8. The number of aliphatic hydroxyl groups excluding tert-OH is 1. The average Bonchev–Trinajstić information content (AvgIpc) is 3.17. The number of piperazine rings is 1. The molecule has 3 heterocycles. The molecule has 0 saturated carbocycles. The minimum Gasteiger partial charge on any atom is -0.434 e. The molecule has 1 fully saturated rings. The van der Waals surface area contributed by atoms with Crippen LogP contribution in [0.3, 0.4) is 0 Å². The van der Waals surface area contributed by atoms with Gasteiger partial charge in [-0.2, -0.15) is 8.78 Å². The summed E-state index contributed by atoms with van der Waals surface area (Å²) in [5.41, 5.74) is 0.936. The van der Waals surface area contributed by atoms with Crippen molar-refractivity contribution < 1.29 is 27.8 Å². The number of fused-ring (bicyclic) bond motifs is 1. The molecule has 1 N–H and O–H groups in total. The van der Waals surface area contributed by atoms with Crippen LogP contribution in [0.1, 0.15) is 12.5 Å². The van der Waals surface area contributed by atoms with E-state index in [2.05, 4.69) is 14.7 Å². The molecule has 2 aromatic carbocycles. The van der Waals surface area contributed by atoms with Gasteiger partial charge in [0.15, 0.2) is 0 Å². The van der Waals surface area contributed by atoms with Crippen LogP contribution in [0.25, 0.3) is 22.0 Å². The van der Waals surface area contributed by atoms with Gasteiger partial charge in [-0.05, 0) is 25.1 Å². The monoisotopic (exact) mass is 556 g/mol. The molecule has 5 rings (SSSR count). The summed E-state index contributed by atoms with van der Waals surface area (Å²) >= 11 is 0. The largest absolute Gasteiger partial charge is 0.434 e. The molecule has 40 heavy (non-hydrogen) atoms. The lowest BCUT2D eigenvalue weighted by molar-refractivity contribution is -0.136. The number of hydrogen-bond donors (Lipinski definition) is 1. The van der Waals surface area contributed by atoms with Gasteiger partial charge in [-0.1, -0.05) is 18.2 Å². The summed E-state index contributed by atoms with van der Waals surface area (Å²) in [7, 11) is 1.52. The van der Waals surface area contributed by atoms with E-state index in [4.69, 9.17) is 5.11 Å². The van der Waals surface area contributed by atoms with Crippen LogP contribution in [0.2, 0.25) is 0 Å². The number of nitrogens with zero attached hydrogens (tertiary/aromatic N) is 6. The number of aromatic nitrogens is 4. The highest BCUT2D eigenvalue weighted by Crippen LogP contribution is 2.29. The zero-order chi connectivity index (χ0) is 28.6. The lowest BCUT2D eigenvalue weighted by Crippen LogP contribution is -2.55. The van der Waals surface area contributed by atoms with Crippen LogP contribution >= 0.6 is 0 Å². The molecule has 10 nitrogen and oxygen atoms in total. The van der Waals surface area contributed by atoms with Gasteiger partial charge in [-0.3, -0.25) is 19.0 Å². The van der Waals surface area contributed by atoms with Gasteiger partial charge in [0.1, 0.15) is 18.2 Å². The number of anilines is 1. The van der Waals surface area contributed by atoms with E-state index >= 15 is 4.39 Å². The molecule has 1 aliphatic heterocycles. The van der Waals surface area contributed by atoms with Crippen molar-refractivity contribution >= 4 is 22.8 Å². The van der Waals surface area contributed by atoms with Gasteiger partial charge in [0.25, 0.3) is 5.56 Å². The summed E-state index contributed by atoms with van der Waals surface area (Å²) < 4.78 is 48.6. The van der Waals surface area contributed by atoms with Crippen molar-refractivity contribution in [2.75, 3.05) is 31.1 Å². The molecule has 1 saturated heterocycles. The number of halogens is 3. The molecular formula is C27H27F3N6O4. The summed E-state index contributed by atoms with van der Waals surface area (Å²) in [5.74, 6) is -0.571. The summed E-state index contributed by atoms with van der Waals surface area (Å²) in [4.78, 5) is 37.1. The fraction of sp³-hybridized carbons (Fsp3) is 0.333. The van der Waals surface area contributed by atoms with Crippen LogP contribution in [0, 0.1) is 5.82 Å². The Labute approximate surface area is 226 Å². The van der Waals surface area contributed by atoms with Crippen LogP contribution in [0.4, 0.5) is 19.1 Å². The molecule has 0 bridgehead atoms. The number of carbonyl (C=O) groups excluding carboxylic acids is 1. The Balaban J connectivity index is 1.46. The van der Waals surface area contributed by atoms with E-state index < -0.39 is 24.6 Å². The van der Waals surface area contributed by atoms with Crippen molar-refractivity contribution in [3.63, 3.8) is 0 Å². The molecule has 2 aromatic heterocycles. The molecule has 1 atom stereocenters. The predicted octanol–water partition coefficient (Wildman–Crippen LogP) is 2.62. The number of alkyl halides is 2. The summed E-state index contributed by atoms with van der Waals surface area (Å²) in [5, 5.41) is 9.29. The van der Waals surface area contributed by atoms with E-state index in [-0.39, 0.29) is 35.2 Å². The third kappa shape index (κ3) is 5.11. The van der Waals surface area contributed by atoms with E-state index in [1.807, 2.05) is 11.8 Å². The number of carbonyl (C=O) groups is 1. The van der Waals surface area contributed by atoms with Crippen LogP contribution in [-0.2, 0) is 18.4 Å². The van der Waals surface area contributed by atoms with Crippen LogP contribution in [0.5, 0.6) is 5.75 Å². The maximum Gasteiger partial charge on any atom is 0.387 e. The number of rotatable bonds is 7. The van der Waals surface area contributed by atoms with Crippen LogP contribution < -0.4 is 15.2 Å². The summed E-state index contributed by atoms with van der Waals surface area (Å²) in [6.45, 7) is -0.297. The first-order valence-corrected chi connectivity index (χ1v) is 12.6. The normalized spacial score (nSPS) is 15.7. The number of hydrogen-bond acceptors (Lipinski definition) is 7. The molecule has 1 amide bonds. The second-order valence-electron chi connectivity index (χ2n) is 9.53. The van der Waals surface area contributed by atoms with Crippen LogP contribution in [0.15, 0.2) is 53.6 Å². The first-order valence-electron chi connectivity index (χ1n) is 12.6. The maximum absolute atomic E-state index is 15.2. The smallest absolute Gasteiger partial charge is 0.387 e. The predicted molar refractivity (Wildman–Crippen MR) is 141 cm³/mol. The number of aliphatic hydroxyl groups is 1. The van der Waals surface area contributed by atoms with Gasteiger partial charge in [-0.15, -0.1) is 0 Å². The molecule has 1 unspecified atom stereocenters. The maximum atomic E-state index is 15.2. The second-order valence-corrected chi connectivity index (χ2v) is 9.53. The Morgan fingerprint density at radius 3 is 2.58 bits per heavy atom. The SMILES string of the molecule is CC1CN(c2ncc(-c3cc4c(cc3F)c(=O)n(C)n4Cc3ccccc3OC(F)F)cn2)CCN1C(=O)CO. The molecular weight excluding hydrogens is 529 g/mol. The lowest BCUT2D eigenvalue weighted by atomic mass is 10.1. The molecule has 4 aromatic rings. The van der Waals surface area contributed by atoms with Crippen molar-refractivity contribution in [2.24, 2.45) is 7.05 Å². The number of amides is 1. The van der Waals surface area contributed by atoms with Crippen LogP contribution in [-0.4, -0.2) is 74.1 Å². The highest BCUT2D eigenvalue weighted by atomic mass is 19.3. The molecule has 0 aliphatic carbocycles. The second kappa shape index (κ2) is 11.0. The third-order valence-electron chi connectivity index (χ3n) is 7.07. The van der Waals surface area contributed by atoms with E-state index in [9.17, 15) is 18.4 Å². The van der Waals surface area contributed by atoms with Crippen molar-refractivity contribution in [2.45, 2.75) is 26.1 Å². The molecule has 1 aliphatic rings. The highest BCUT2D eigenvalue weighted by Gasteiger charge is 2.28. The third-order valence-corrected chi connectivity index (χ3v) is 7.07. The minimum absolute atomic E-state index is 0.0194. The van der Waals surface area contributed by atoms with Crippen molar-refractivity contribution in [1.29, 1.82) is 0 Å². The van der Waals surface area contributed by atoms with E-state index in [0.29, 0.717) is 42.2 Å². The number of para-hydroxylation sites is 1. The van der Waals surface area contributed by atoms with Gasteiger partial charge >= 0.3 is 6.61 Å². The minimum atomic E-state index is -3.01. The molecule has 0 radical (unpaired) electrons. The van der Waals surface area contributed by atoms with Crippen molar-refractivity contribution in [3.8, 4) is 16.9 Å². The van der Waals surface area contributed by atoms with E-state index in [1.165, 1.54) is 36.3 Å². The van der Waals surface area contributed by atoms with Crippen molar-refractivity contribution in [3.05, 3.63) is 70.5 Å². The van der Waals surface area contributed by atoms with E-state index in [1.54, 1.807) is 27.8 Å². The topological polar surface area (TPSA) is 106 Å². The fourth-order valence-electron chi connectivity index (χ4n) is 5.04. The Morgan fingerprint density at radius 2 is 1.90 bits per heavy atom. The Kier molecular flexibility index (Phi) is 7.48. The van der Waals surface area contributed by atoms with Crippen molar-refractivity contribution in [1.82, 2.24) is 24.2 Å². The first kappa shape index (κ1) is 27.2. The molecule has 13 heteroatoms. The summed E-state index contributed by atoms with van der Waals surface area (Å²) in [6.07, 6.45) is 2.97. The first-order chi connectivity index (χ1) is 19.2. The van der Waals surface area contributed by atoms with Gasteiger partial charge in [0.2, 0.25) is 11.9 Å². The quantitative estimate of drug-likeness (QED) is 0.373. The van der Waals surface area contributed by atoms with Gasteiger partial charge in [0.05, 0.1) is 17.4 Å².